The lowest BCUT2D eigenvalue weighted by molar-refractivity contribution is 0.302. The first-order chi connectivity index (χ1) is 7.80. The normalized spacial score (nSPS) is 12.4. The average molecular weight is 223 g/mol. The first-order valence-corrected chi connectivity index (χ1v) is 5.91. The molecule has 0 saturated heterocycles. The SMILES string of the molecule is CCCOc1cncc(CC(CC)NC)n1. The fourth-order valence-electron chi connectivity index (χ4n) is 1.46. The van der Waals surface area contributed by atoms with E-state index in [2.05, 4.69) is 29.1 Å². The summed E-state index contributed by atoms with van der Waals surface area (Å²) in [7, 11) is 1.97. The van der Waals surface area contributed by atoms with Crippen LogP contribution in [0, 0.1) is 0 Å². The summed E-state index contributed by atoms with van der Waals surface area (Å²) in [6.45, 7) is 4.93. The molecule has 4 heteroatoms. The Bertz CT molecular complexity index is 300. The van der Waals surface area contributed by atoms with Crippen molar-refractivity contribution in [2.75, 3.05) is 13.7 Å². The van der Waals surface area contributed by atoms with Crippen LogP contribution < -0.4 is 10.1 Å². The smallest absolute Gasteiger partial charge is 0.232 e. The minimum Gasteiger partial charge on any atom is -0.477 e. The van der Waals surface area contributed by atoms with E-state index >= 15 is 0 Å². The molecule has 1 N–H and O–H groups in total. The molecule has 0 radical (unpaired) electrons. The lowest BCUT2D eigenvalue weighted by atomic mass is 10.1. The summed E-state index contributed by atoms with van der Waals surface area (Å²) >= 11 is 0. The molecule has 1 aromatic rings. The second-order valence-electron chi connectivity index (χ2n) is 3.80. The number of likely N-dealkylation sites (N-methyl/N-ethyl adjacent to an activating group) is 1. The zero-order valence-corrected chi connectivity index (χ0v) is 10.4. The highest BCUT2D eigenvalue weighted by atomic mass is 16.5. The second kappa shape index (κ2) is 7.17. The van der Waals surface area contributed by atoms with Crippen LogP contribution in [0.15, 0.2) is 12.4 Å². The standard InChI is InChI=1S/C12H21N3O/c1-4-6-16-12-9-14-8-11(15-12)7-10(5-2)13-3/h8-10,13H,4-7H2,1-3H3. The van der Waals surface area contributed by atoms with Crippen LogP contribution in [0.2, 0.25) is 0 Å². The highest BCUT2D eigenvalue weighted by Crippen LogP contribution is 2.08. The van der Waals surface area contributed by atoms with Crippen molar-refractivity contribution in [2.45, 2.75) is 39.2 Å². The maximum atomic E-state index is 5.45. The Morgan fingerprint density at radius 1 is 1.38 bits per heavy atom. The monoisotopic (exact) mass is 223 g/mol. The number of aromatic nitrogens is 2. The molecule has 0 spiro atoms. The second-order valence-corrected chi connectivity index (χ2v) is 3.80. The first kappa shape index (κ1) is 12.9. The van der Waals surface area contributed by atoms with E-state index in [9.17, 15) is 0 Å². The highest BCUT2D eigenvalue weighted by molar-refractivity contribution is 5.09. The summed E-state index contributed by atoms with van der Waals surface area (Å²) in [4.78, 5) is 8.57. The summed E-state index contributed by atoms with van der Waals surface area (Å²) in [5.41, 5.74) is 0.981. The summed E-state index contributed by atoms with van der Waals surface area (Å²) < 4.78 is 5.45. The molecule has 90 valence electrons. The van der Waals surface area contributed by atoms with E-state index in [-0.39, 0.29) is 0 Å². The molecule has 0 fully saturated rings. The van der Waals surface area contributed by atoms with Gasteiger partial charge in [0.25, 0.3) is 0 Å². The van der Waals surface area contributed by atoms with Gasteiger partial charge in [-0.05, 0) is 19.9 Å². The van der Waals surface area contributed by atoms with Crippen molar-refractivity contribution in [3.8, 4) is 5.88 Å². The van der Waals surface area contributed by atoms with Gasteiger partial charge in [-0.15, -0.1) is 0 Å². The lowest BCUT2D eigenvalue weighted by Crippen LogP contribution is -2.27. The lowest BCUT2D eigenvalue weighted by Gasteiger charge is -2.13. The van der Waals surface area contributed by atoms with Crippen molar-refractivity contribution in [2.24, 2.45) is 0 Å². The Labute approximate surface area is 97.5 Å². The highest BCUT2D eigenvalue weighted by Gasteiger charge is 2.06. The van der Waals surface area contributed by atoms with E-state index in [0.717, 1.165) is 25.0 Å². The van der Waals surface area contributed by atoms with Gasteiger partial charge >= 0.3 is 0 Å². The molecule has 1 aromatic heterocycles. The van der Waals surface area contributed by atoms with Crippen molar-refractivity contribution in [3.05, 3.63) is 18.1 Å². The van der Waals surface area contributed by atoms with Gasteiger partial charge in [-0.1, -0.05) is 13.8 Å². The van der Waals surface area contributed by atoms with E-state index in [1.54, 1.807) is 12.4 Å². The third-order valence-electron chi connectivity index (χ3n) is 2.47. The van der Waals surface area contributed by atoms with Crippen molar-refractivity contribution in [3.63, 3.8) is 0 Å². The van der Waals surface area contributed by atoms with Crippen LogP contribution >= 0.6 is 0 Å². The molecule has 0 amide bonds. The van der Waals surface area contributed by atoms with Crippen LogP contribution in [0.1, 0.15) is 32.4 Å². The molecule has 0 aliphatic heterocycles. The van der Waals surface area contributed by atoms with Gasteiger partial charge in [0.05, 0.1) is 18.5 Å². The van der Waals surface area contributed by atoms with Gasteiger partial charge < -0.3 is 10.1 Å². The summed E-state index contributed by atoms with van der Waals surface area (Å²) in [5.74, 6) is 0.630. The Morgan fingerprint density at radius 2 is 2.19 bits per heavy atom. The van der Waals surface area contributed by atoms with E-state index in [4.69, 9.17) is 4.74 Å². The van der Waals surface area contributed by atoms with Gasteiger partial charge in [0.2, 0.25) is 5.88 Å². The van der Waals surface area contributed by atoms with E-state index in [0.29, 0.717) is 18.5 Å². The molecule has 16 heavy (non-hydrogen) atoms. The molecular weight excluding hydrogens is 202 g/mol. The molecule has 0 bridgehead atoms. The van der Waals surface area contributed by atoms with Gasteiger partial charge in [-0.3, -0.25) is 4.98 Å². The first-order valence-electron chi connectivity index (χ1n) is 5.91. The predicted octanol–water partition coefficient (Wildman–Crippen LogP) is 1.81. The number of hydrogen-bond acceptors (Lipinski definition) is 4. The number of nitrogens with one attached hydrogen (secondary N) is 1. The van der Waals surface area contributed by atoms with Gasteiger partial charge in [-0.25, -0.2) is 4.98 Å². The Morgan fingerprint density at radius 3 is 2.81 bits per heavy atom. The molecule has 0 aliphatic rings. The van der Waals surface area contributed by atoms with Crippen molar-refractivity contribution < 1.29 is 4.74 Å². The van der Waals surface area contributed by atoms with Crippen LogP contribution in [0.3, 0.4) is 0 Å². The molecule has 0 aromatic carbocycles. The molecule has 1 rings (SSSR count). The van der Waals surface area contributed by atoms with Gasteiger partial charge in [0, 0.05) is 18.7 Å². The zero-order valence-electron chi connectivity index (χ0n) is 10.4. The minimum atomic E-state index is 0.454. The van der Waals surface area contributed by atoms with Crippen molar-refractivity contribution in [1.29, 1.82) is 0 Å². The summed E-state index contributed by atoms with van der Waals surface area (Å²) in [6.07, 6.45) is 6.43. The number of ether oxygens (including phenoxy) is 1. The van der Waals surface area contributed by atoms with Gasteiger partial charge in [0.15, 0.2) is 0 Å². The fraction of sp³-hybridized carbons (Fsp3) is 0.667. The van der Waals surface area contributed by atoms with Crippen LogP contribution in [0.4, 0.5) is 0 Å². The Balaban J connectivity index is 2.59. The Kier molecular flexibility index (Phi) is 5.78. The molecule has 1 unspecified atom stereocenters. The maximum Gasteiger partial charge on any atom is 0.232 e. The fourth-order valence-corrected chi connectivity index (χ4v) is 1.46. The van der Waals surface area contributed by atoms with Gasteiger partial charge in [-0.2, -0.15) is 0 Å². The van der Waals surface area contributed by atoms with Crippen LogP contribution in [-0.2, 0) is 6.42 Å². The van der Waals surface area contributed by atoms with E-state index in [1.807, 2.05) is 7.05 Å². The molecule has 0 saturated carbocycles. The van der Waals surface area contributed by atoms with E-state index < -0.39 is 0 Å². The van der Waals surface area contributed by atoms with Crippen LogP contribution in [0.5, 0.6) is 5.88 Å². The maximum absolute atomic E-state index is 5.45. The summed E-state index contributed by atoms with van der Waals surface area (Å²) in [6, 6.07) is 0.454. The van der Waals surface area contributed by atoms with Crippen molar-refractivity contribution >= 4 is 0 Å². The predicted molar refractivity (Wildman–Crippen MR) is 64.7 cm³/mol. The van der Waals surface area contributed by atoms with Crippen LogP contribution in [-0.4, -0.2) is 29.7 Å². The third-order valence-corrected chi connectivity index (χ3v) is 2.47. The zero-order chi connectivity index (χ0) is 11.8. The number of hydrogen-bond donors (Lipinski definition) is 1. The average Bonchev–Trinajstić information content (AvgIpc) is 2.34. The van der Waals surface area contributed by atoms with Gasteiger partial charge in [0.1, 0.15) is 0 Å². The largest absolute Gasteiger partial charge is 0.477 e. The molecule has 0 aliphatic carbocycles. The third kappa shape index (κ3) is 4.14. The quantitative estimate of drug-likeness (QED) is 0.765. The molecule has 1 heterocycles. The number of nitrogens with zero attached hydrogens (tertiary/aromatic N) is 2. The minimum absolute atomic E-state index is 0.454. The van der Waals surface area contributed by atoms with E-state index in [1.165, 1.54) is 0 Å². The topological polar surface area (TPSA) is 47.0 Å². The Hall–Kier alpha value is -1.16. The molecule has 4 nitrogen and oxygen atoms in total. The van der Waals surface area contributed by atoms with Crippen molar-refractivity contribution in [1.82, 2.24) is 15.3 Å². The molecule has 1 atom stereocenters. The molecular formula is C12H21N3O. The number of rotatable bonds is 7. The van der Waals surface area contributed by atoms with Crippen LogP contribution in [0.25, 0.3) is 0 Å². The summed E-state index contributed by atoms with van der Waals surface area (Å²) in [5, 5.41) is 3.25.